The Balaban J connectivity index is 3.27. The number of nitrogens with one attached hydrogen (secondary N) is 1. The Morgan fingerprint density at radius 3 is 3.00 bits per heavy atom. The van der Waals surface area contributed by atoms with Crippen molar-refractivity contribution < 1.29 is 0 Å². The molecule has 0 spiro atoms. The van der Waals surface area contributed by atoms with Gasteiger partial charge in [-0.15, -0.1) is 0 Å². The maximum atomic E-state index is 6.50. The number of hydrogen-bond acceptors (Lipinski definition) is 3. The summed E-state index contributed by atoms with van der Waals surface area (Å²) in [6.45, 7) is 0. The molecular formula is C3H3IN2S. The van der Waals surface area contributed by atoms with Crippen molar-refractivity contribution in [2.24, 2.45) is 3.21 Å². The third-order valence-electron chi connectivity index (χ3n) is 0.238. The molecule has 0 aliphatic carbocycles. The molecule has 0 aromatic rings. The zero-order chi connectivity index (χ0) is 5.54. The average molecular weight is 226 g/mol. The van der Waals surface area contributed by atoms with Gasteiger partial charge < -0.3 is 5.41 Å². The van der Waals surface area contributed by atoms with Crippen molar-refractivity contribution in [3.63, 3.8) is 0 Å². The van der Waals surface area contributed by atoms with E-state index in [1.54, 1.807) is 5.41 Å². The molecule has 1 N–H and O–H groups in total. The van der Waals surface area contributed by atoms with Crippen molar-refractivity contribution in [2.45, 2.75) is 0 Å². The van der Waals surface area contributed by atoms with Crippen LogP contribution in [0.25, 0.3) is 0 Å². The molecule has 0 saturated carbocycles. The quantitative estimate of drug-likeness (QED) is 0.435. The molecule has 0 amide bonds. The Morgan fingerprint density at radius 2 is 2.57 bits per heavy atom. The molecule has 0 aliphatic heterocycles. The summed E-state index contributed by atoms with van der Waals surface area (Å²) in [7, 11) is 0. The number of rotatable bonds is 2. The van der Waals surface area contributed by atoms with E-state index >= 15 is 0 Å². The van der Waals surface area contributed by atoms with E-state index in [2.05, 4.69) is 9.08 Å². The van der Waals surface area contributed by atoms with Gasteiger partial charge in [0.15, 0.2) is 0 Å². The molecular weight excluding hydrogens is 223 g/mol. The number of hydrogen-bond donors (Lipinski definition) is 1. The molecule has 0 heterocycles. The number of halogens is 1. The summed E-state index contributed by atoms with van der Waals surface area (Å²) in [4.78, 5) is 0. The van der Waals surface area contributed by atoms with Gasteiger partial charge in [-0.3, -0.25) is 0 Å². The molecule has 0 fully saturated rings. The highest BCUT2D eigenvalue weighted by molar-refractivity contribution is 14.1. The van der Waals surface area contributed by atoms with Crippen LogP contribution in [0, 0.1) is 5.41 Å². The second-order valence-corrected chi connectivity index (χ2v) is 1.81. The molecule has 0 saturated heterocycles. The minimum atomic E-state index is 1.22. The first-order valence-corrected chi connectivity index (χ1v) is 3.35. The van der Waals surface area contributed by atoms with Gasteiger partial charge in [-0.2, -0.15) is 3.21 Å². The SMILES string of the molecule is N=CSC=C=NI. The summed E-state index contributed by atoms with van der Waals surface area (Å²) < 4.78 is 3.51. The summed E-state index contributed by atoms with van der Waals surface area (Å²) >= 11 is 3.06. The van der Waals surface area contributed by atoms with Crippen molar-refractivity contribution in [2.75, 3.05) is 0 Å². The normalized spacial score (nSPS) is 6.43. The largest absolute Gasteiger partial charge is 0.302 e. The Hall–Kier alpha value is 0.200. The van der Waals surface area contributed by atoms with E-state index in [-0.39, 0.29) is 0 Å². The zero-order valence-corrected chi connectivity index (χ0v) is 6.36. The van der Waals surface area contributed by atoms with Gasteiger partial charge in [0.25, 0.3) is 0 Å². The van der Waals surface area contributed by atoms with Crippen LogP contribution in [0.15, 0.2) is 8.61 Å². The highest BCUT2D eigenvalue weighted by atomic mass is 127. The molecule has 0 aromatic heterocycles. The van der Waals surface area contributed by atoms with E-state index in [1.165, 1.54) is 17.3 Å². The first-order chi connectivity index (χ1) is 3.41. The number of nitrogens with zero attached hydrogens (tertiary/aromatic N) is 1. The van der Waals surface area contributed by atoms with Crippen LogP contribution in [0.1, 0.15) is 0 Å². The predicted molar refractivity (Wildman–Crippen MR) is 42.4 cm³/mol. The molecule has 0 aliphatic rings. The van der Waals surface area contributed by atoms with E-state index in [1.807, 2.05) is 22.9 Å². The third kappa shape index (κ3) is 6.20. The van der Waals surface area contributed by atoms with Crippen molar-refractivity contribution in [3.05, 3.63) is 5.41 Å². The van der Waals surface area contributed by atoms with E-state index < -0.39 is 0 Å². The lowest BCUT2D eigenvalue weighted by Crippen LogP contribution is -1.48. The van der Waals surface area contributed by atoms with Crippen molar-refractivity contribution in [1.29, 1.82) is 5.41 Å². The van der Waals surface area contributed by atoms with E-state index in [0.29, 0.717) is 0 Å². The van der Waals surface area contributed by atoms with Crippen LogP contribution in [0.4, 0.5) is 0 Å². The molecule has 0 radical (unpaired) electrons. The van der Waals surface area contributed by atoms with Crippen LogP contribution in [0.5, 0.6) is 0 Å². The third-order valence-corrected chi connectivity index (χ3v) is 0.894. The maximum Gasteiger partial charge on any atom is 0.0953 e. The van der Waals surface area contributed by atoms with Crippen LogP contribution in [-0.2, 0) is 0 Å². The molecule has 7 heavy (non-hydrogen) atoms. The highest BCUT2D eigenvalue weighted by Crippen LogP contribution is 1.89. The lowest BCUT2D eigenvalue weighted by molar-refractivity contribution is 1.60. The van der Waals surface area contributed by atoms with Crippen LogP contribution in [0.2, 0.25) is 0 Å². The predicted octanol–water partition coefficient (Wildman–Crippen LogP) is 1.86. The summed E-state index contributed by atoms with van der Waals surface area (Å²) in [6, 6.07) is 0. The van der Waals surface area contributed by atoms with Gasteiger partial charge in [0, 0.05) is 11.3 Å². The molecule has 0 atom stereocenters. The number of thioether (sulfide) groups is 1. The lowest BCUT2D eigenvalue weighted by atomic mass is 11.2. The van der Waals surface area contributed by atoms with Crippen LogP contribution < -0.4 is 0 Å². The first-order valence-electron chi connectivity index (χ1n) is 1.44. The average Bonchev–Trinajstić information content (AvgIpc) is 1.69. The monoisotopic (exact) mass is 226 g/mol. The molecule has 0 unspecified atom stereocenters. The molecule has 0 rings (SSSR count). The van der Waals surface area contributed by atoms with Gasteiger partial charge in [-0.1, -0.05) is 11.8 Å². The van der Waals surface area contributed by atoms with Crippen molar-refractivity contribution in [1.82, 2.24) is 0 Å². The zero-order valence-electron chi connectivity index (χ0n) is 3.39. The molecule has 0 bridgehead atoms. The summed E-state index contributed by atoms with van der Waals surface area (Å²) in [5, 5.41) is 8.11. The minimum Gasteiger partial charge on any atom is -0.302 e. The van der Waals surface area contributed by atoms with E-state index in [4.69, 9.17) is 5.41 Å². The molecule has 0 aromatic carbocycles. The van der Waals surface area contributed by atoms with Crippen LogP contribution in [-0.4, -0.2) is 11.4 Å². The van der Waals surface area contributed by atoms with Gasteiger partial charge in [0.1, 0.15) is 0 Å². The summed E-state index contributed by atoms with van der Waals surface area (Å²) in [5.74, 6) is 2.55. The fourth-order valence-corrected chi connectivity index (χ4v) is 0.594. The Kier molecular flexibility index (Phi) is 6.38. The van der Waals surface area contributed by atoms with Gasteiger partial charge >= 0.3 is 0 Å². The van der Waals surface area contributed by atoms with Gasteiger partial charge in [-0.05, 0) is 0 Å². The van der Waals surface area contributed by atoms with E-state index in [9.17, 15) is 0 Å². The highest BCUT2D eigenvalue weighted by Gasteiger charge is 1.60. The van der Waals surface area contributed by atoms with Gasteiger partial charge in [0.2, 0.25) is 0 Å². The fourth-order valence-electron chi connectivity index (χ4n) is 0.0844. The van der Waals surface area contributed by atoms with Crippen molar-refractivity contribution >= 4 is 46.0 Å². The minimum absolute atomic E-state index is 1.22. The van der Waals surface area contributed by atoms with Crippen molar-refractivity contribution in [3.8, 4) is 0 Å². The summed E-state index contributed by atoms with van der Waals surface area (Å²) in [6.07, 6.45) is 0. The van der Waals surface area contributed by atoms with Gasteiger partial charge in [0.05, 0.1) is 28.4 Å². The molecule has 38 valence electrons. The second kappa shape index (κ2) is 6.20. The topological polar surface area (TPSA) is 36.2 Å². The Labute approximate surface area is 60.1 Å². The summed E-state index contributed by atoms with van der Waals surface area (Å²) in [5.41, 5.74) is 1.22. The Morgan fingerprint density at radius 1 is 1.86 bits per heavy atom. The van der Waals surface area contributed by atoms with Crippen LogP contribution in [0.3, 0.4) is 0 Å². The molecule has 2 nitrogen and oxygen atoms in total. The van der Waals surface area contributed by atoms with Gasteiger partial charge in [-0.25, -0.2) is 0 Å². The smallest absolute Gasteiger partial charge is 0.0953 e. The second-order valence-electron chi connectivity index (χ2n) is 0.585. The van der Waals surface area contributed by atoms with Crippen LogP contribution >= 0.6 is 34.6 Å². The standard InChI is InChI=1S/C3H3IN2S/c4-6-1-2-7-3-5/h2-3,5H. The lowest BCUT2D eigenvalue weighted by Gasteiger charge is -1.64. The fraction of sp³-hybridized carbons (Fsp3) is 0. The van der Waals surface area contributed by atoms with E-state index in [0.717, 1.165) is 0 Å². The molecule has 4 heteroatoms. The first kappa shape index (κ1) is 7.20. The Bertz CT molecular complexity index is 106. The maximum absolute atomic E-state index is 6.50.